The quantitative estimate of drug-likeness (QED) is 0.806. The van der Waals surface area contributed by atoms with E-state index in [1.54, 1.807) is 4.90 Å². The molecule has 1 heterocycles. The van der Waals surface area contributed by atoms with Gasteiger partial charge in [-0.25, -0.2) is 0 Å². The van der Waals surface area contributed by atoms with Gasteiger partial charge in [-0.15, -0.1) is 0 Å². The van der Waals surface area contributed by atoms with E-state index < -0.39 is 0 Å². The SMILES string of the molecule is CC(C)C1CCN(C(=O)c2cc(O)ccc2O)CC1. The molecule has 1 aromatic rings. The molecular formula is C15H21NO3. The molecule has 1 aliphatic rings. The van der Waals surface area contributed by atoms with Crippen LogP contribution in [0.5, 0.6) is 11.5 Å². The molecule has 1 fully saturated rings. The molecule has 1 amide bonds. The highest BCUT2D eigenvalue weighted by Gasteiger charge is 2.26. The molecule has 1 saturated heterocycles. The van der Waals surface area contributed by atoms with Crippen molar-refractivity contribution in [2.45, 2.75) is 26.7 Å². The topological polar surface area (TPSA) is 60.8 Å². The average molecular weight is 263 g/mol. The summed E-state index contributed by atoms with van der Waals surface area (Å²) in [4.78, 5) is 14.1. The van der Waals surface area contributed by atoms with E-state index in [-0.39, 0.29) is 23.0 Å². The van der Waals surface area contributed by atoms with Crippen molar-refractivity contribution in [1.82, 2.24) is 4.90 Å². The minimum absolute atomic E-state index is 0.00165. The van der Waals surface area contributed by atoms with Gasteiger partial charge in [-0.1, -0.05) is 13.8 Å². The minimum atomic E-state index is -0.199. The van der Waals surface area contributed by atoms with E-state index in [4.69, 9.17) is 0 Å². The zero-order valence-electron chi connectivity index (χ0n) is 11.5. The number of benzene rings is 1. The summed E-state index contributed by atoms with van der Waals surface area (Å²) in [6.45, 7) is 5.86. The van der Waals surface area contributed by atoms with Crippen LogP contribution in [0.25, 0.3) is 0 Å². The van der Waals surface area contributed by atoms with Gasteiger partial charge >= 0.3 is 0 Å². The van der Waals surface area contributed by atoms with E-state index in [0.717, 1.165) is 25.9 Å². The van der Waals surface area contributed by atoms with Crippen molar-refractivity contribution in [3.8, 4) is 11.5 Å². The third-order valence-electron chi connectivity index (χ3n) is 3.98. The lowest BCUT2D eigenvalue weighted by molar-refractivity contribution is 0.0664. The van der Waals surface area contributed by atoms with Crippen molar-refractivity contribution in [3.05, 3.63) is 23.8 Å². The second-order valence-electron chi connectivity index (χ2n) is 5.58. The molecule has 1 aromatic carbocycles. The Hall–Kier alpha value is -1.71. The zero-order chi connectivity index (χ0) is 14.0. The van der Waals surface area contributed by atoms with Crippen LogP contribution in [0.2, 0.25) is 0 Å². The zero-order valence-corrected chi connectivity index (χ0v) is 11.5. The van der Waals surface area contributed by atoms with Crippen LogP contribution in [0.15, 0.2) is 18.2 Å². The Labute approximate surface area is 113 Å². The molecule has 0 aromatic heterocycles. The first kappa shape index (κ1) is 13.7. The molecule has 104 valence electrons. The van der Waals surface area contributed by atoms with E-state index in [9.17, 15) is 15.0 Å². The summed E-state index contributed by atoms with van der Waals surface area (Å²) in [6, 6.07) is 4.05. The lowest BCUT2D eigenvalue weighted by atomic mass is 9.86. The first-order valence-electron chi connectivity index (χ1n) is 6.80. The fraction of sp³-hybridized carbons (Fsp3) is 0.533. The Balaban J connectivity index is 2.07. The summed E-state index contributed by atoms with van der Waals surface area (Å²) < 4.78 is 0. The summed E-state index contributed by atoms with van der Waals surface area (Å²) in [5, 5.41) is 19.1. The van der Waals surface area contributed by atoms with Gasteiger partial charge in [0.1, 0.15) is 11.5 Å². The van der Waals surface area contributed by atoms with Crippen LogP contribution in [0, 0.1) is 11.8 Å². The third-order valence-corrected chi connectivity index (χ3v) is 3.98. The van der Waals surface area contributed by atoms with E-state index in [1.165, 1.54) is 18.2 Å². The Morgan fingerprint density at radius 2 is 1.89 bits per heavy atom. The van der Waals surface area contributed by atoms with Gasteiger partial charge < -0.3 is 15.1 Å². The normalized spacial score (nSPS) is 16.9. The number of aromatic hydroxyl groups is 2. The van der Waals surface area contributed by atoms with Crippen molar-refractivity contribution >= 4 is 5.91 Å². The first-order chi connectivity index (χ1) is 8.99. The Morgan fingerprint density at radius 3 is 2.47 bits per heavy atom. The van der Waals surface area contributed by atoms with E-state index in [0.29, 0.717) is 11.8 Å². The monoisotopic (exact) mass is 263 g/mol. The maximum atomic E-state index is 12.3. The fourth-order valence-electron chi connectivity index (χ4n) is 2.63. The van der Waals surface area contributed by atoms with Crippen molar-refractivity contribution in [3.63, 3.8) is 0 Å². The number of rotatable bonds is 2. The number of likely N-dealkylation sites (tertiary alicyclic amines) is 1. The number of phenolic OH excluding ortho intramolecular Hbond substituents is 2. The highest BCUT2D eigenvalue weighted by Crippen LogP contribution is 2.28. The van der Waals surface area contributed by atoms with Gasteiger partial charge in [0.2, 0.25) is 0 Å². The number of piperidine rings is 1. The van der Waals surface area contributed by atoms with Crippen LogP contribution in [-0.2, 0) is 0 Å². The largest absolute Gasteiger partial charge is 0.508 e. The maximum absolute atomic E-state index is 12.3. The third kappa shape index (κ3) is 3.00. The van der Waals surface area contributed by atoms with Gasteiger partial charge in [-0.3, -0.25) is 4.79 Å². The van der Waals surface area contributed by atoms with Crippen LogP contribution >= 0.6 is 0 Å². The number of hydrogen-bond acceptors (Lipinski definition) is 3. The Kier molecular flexibility index (Phi) is 3.98. The molecule has 19 heavy (non-hydrogen) atoms. The summed E-state index contributed by atoms with van der Waals surface area (Å²) in [5.74, 6) is 1.04. The highest BCUT2D eigenvalue weighted by molar-refractivity contribution is 5.97. The van der Waals surface area contributed by atoms with Crippen molar-refractivity contribution < 1.29 is 15.0 Å². The van der Waals surface area contributed by atoms with Crippen LogP contribution in [-0.4, -0.2) is 34.1 Å². The lowest BCUT2D eigenvalue weighted by Crippen LogP contribution is -2.39. The van der Waals surface area contributed by atoms with E-state index >= 15 is 0 Å². The van der Waals surface area contributed by atoms with Gasteiger partial charge in [0.05, 0.1) is 5.56 Å². The van der Waals surface area contributed by atoms with E-state index in [2.05, 4.69) is 13.8 Å². The number of amides is 1. The molecule has 4 nitrogen and oxygen atoms in total. The molecule has 0 radical (unpaired) electrons. The molecule has 0 spiro atoms. The van der Waals surface area contributed by atoms with Gasteiger partial charge in [-0.2, -0.15) is 0 Å². The Bertz CT molecular complexity index is 462. The minimum Gasteiger partial charge on any atom is -0.508 e. The number of phenols is 2. The predicted octanol–water partition coefficient (Wildman–Crippen LogP) is 2.61. The second-order valence-corrected chi connectivity index (χ2v) is 5.58. The second kappa shape index (κ2) is 5.51. The average Bonchev–Trinajstić information content (AvgIpc) is 2.41. The van der Waals surface area contributed by atoms with Crippen molar-refractivity contribution in [2.75, 3.05) is 13.1 Å². The lowest BCUT2D eigenvalue weighted by Gasteiger charge is -2.34. The smallest absolute Gasteiger partial charge is 0.257 e. The summed E-state index contributed by atoms with van der Waals surface area (Å²) in [6.07, 6.45) is 2.01. The standard InChI is InChI=1S/C15H21NO3/c1-10(2)11-5-7-16(8-6-11)15(19)13-9-12(17)3-4-14(13)18/h3-4,9-11,17-18H,5-8H2,1-2H3. The molecule has 4 heteroatoms. The van der Waals surface area contributed by atoms with Crippen LogP contribution in [0.1, 0.15) is 37.0 Å². The number of carbonyl (C=O) groups is 1. The highest BCUT2D eigenvalue weighted by atomic mass is 16.3. The molecule has 0 atom stereocenters. The molecule has 2 N–H and O–H groups in total. The van der Waals surface area contributed by atoms with Crippen LogP contribution in [0.4, 0.5) is 0 Å². The summed E-state index contributed by atoms with van der Waals surface area (Å²) in [7, 11) is 0. The molecule has 0 aliphatic carbocycles. The van der Waals surface area contributed by atoms with Gasteiger partial charge in [0, 0.05) is 13.1 Å². The van der Waals surface area contributed by atoms with Crippen molar-refractivity contribution in [2.24, 2.45) is 11.8 Å². The van der Waals surface area contributed by atoms with Gasteiger partial charge in [0.15, 0.2) is 0 Å². The molecule has 0 unspecified atom stereocenters. The molecule has 1 aliphatic heterocycles. The number of hydrogen-bond donors (Lipinski definition) is 2. The van der Waals surface area contributed by atoms with Crippen LogP contribution < -0.4 is 0 Å². The maximum Gasteiger partial charge on any atom is 0.257 e. The van der Waals surface area contributed by atoms with E-state index in [1.807, 2.05) is 0 Å². The van der Waals surface area contributed by atoms with Gasteiger partial charge in [0.25, 0.3) is 5.91 Å². The number of carbonyl (C=O) groups excluding carboxylic acids is 1. The molecule has 0 saturated carbocycles. The summed E-state index contributed by atoms with van der Waals surface area (Å²) >= 11 is 0. The first-order valence-corrected chi connectivity index (χ1v) is 6.80. The summed E-state index contributed by atoms with van der Waals surface area (Å²) in [5.41, 5.74) is 0.183. The van der Waals surface area contributed by atoms with Crippen LogP contribution in [0.3, 0.4) is 0 Å². The Morgan fingerprint density at radius 1 is 1.26 bits per heavy atom. The predicted molar refractivity (Wildman–Crippen MR) is 73.2 cm³/mol. The number of nitrogens with zero attached hydrogens (tertiary/aromatic N) is 1. The molecule has 0 bridgehead atoms. The van der Waals surface area contributed by atoms with Gasteiger partial charge in [-0.05, 0) is 42.9 Å². The molecular weight excluding hydrogens is 242 g/mol. The van der Waals surface area contributed by atoms with Crippen molar-refractivity contribution in [1.29, 1.82) is 0 Å². The fourth-order valence-corrected chi connectivity index (χ4v) is 2.63. The molecule has 2 rings (SSSR count).